The Balaban J connectivity index is 2.06. The number of methoxy groups -OCH3 is 1. The number of nitrogens with two attached hydrogens (primary N) is 1. The summed E-state index contributed by atoms with van der Waals surface area (Å²) < 4.78 is 5.13. The average molecular weight is 257 g/mol. The molecule has 4 nitrogen and oxygen atoms in total. The van der Waals surface area contributed by atoms with Crippen molar-refractivity contribution in [3.63, 3.8) is 0 Å². The summed E-state index contributed by atoms with van der Waals surface area (Å²) in [4.78, 5) is 7.14. The van der Waals surface area contributed by atoms with Crippen molar-refractivity contribution >= 4 is 17.3 Å². The van der Waals surface area contributed by atoms with Gasteiger partial charge < -0.3 is 14.5 Å². The molecule has 94 valence electrons. The lowest BCUT2D eigenvalue weighted by Gasteiger charge is -2.32. The van der Waals surface area contributed by atoms with Crippen LogP contribution in [0.4, 0.5) is 5.69 Å². The smallest absolute Gasteiger partial charge is 0.137 e. The van der Waals surface area contributed by atoms with Gasteiger partial charge in [-0.3, -0.25) is 0 Å². The molecular weight excluding hydrogens is 240 g/mol. The van der Waals surface area contributed by atoms with E-state index in [1.165, 1.54) is 0 Å². The van der Waals surface area contributed by atoms with Gasteiger partial charge in [0, 0.05) is 18.8 Å². The van der Waals surface area contributed by atoms with E-state index in [1.807, 2.05) is 18.2 Å². The molecule has 0 amide bonds. The number of ether oxygens (including phenoxy) is 1. The van der Waals surface area contributed by atoms with Gasteiger partial charge >= 0.3 is 0 Å². The molecule has 1 aromatic carbocycles. The second-order valence-corrected chi connectivity index (χ2v) is 4.55. The number of anilines is 1. The zero-order chi connectivity index (χ0) is 12.3. The number of hydrogen-bond acceptors (Lipinski definition) is 4. The molecule has 0 radical (unpaired) electrons. The molecule has 1 fully saturated rings. The molecule has 1 aliphatic rings. The van der Waals surface area contributed by atoms with Gasteiger partial charge in [0.25, 0.3) is 0 Å². The van der Waals surface area contributed by atoms with Crippen LogP contribution in [0.25, 0.3) is 0 Å². The van der Waals surface area contributed by atoms with Crippen LogP contribution in [-0.4, -0.2) is 26.3 Å². The average Bonchev–Trinajstić information content (AvgIpc) is 2.39. The molecule has 17 heavy (non-hydrogen) atoms. The van der Waals surface area contributed by atoms with E-state index in [4.69, 9.17) is 27.1 Å². The first kappa shape index (κ1) is 12.5. The van der Waals surface area contributed by atoms with Crippen molar-refractivity contribution < 1.29 is 9.57 Å². The molecule has 0 aromatic heterocycles. The van der Waals surface area contributed by atoms with Gasteiger partial charge in [-0.05, 0) is 31.0 Å². The van der Waals surface area contributed by atoms with Crippen LogP contribution in [0.3, 0.4) is 0 Å². The van der Waals surface area contributed by atoms with Crippen molar-refractivity contribution in [1.82, 2.24) is 0 Å². The molecule has 2 N–H and O–H groups in total. The van der Waals surface area contributed by atoms with Crippen LogP contribution in [0.2, 0.25) is 5.02 Å². The third-order valence-electron chi connectivity index (χ3n) is 3.13. The van der Waals surface area contributed by atoms with Gasteiger partial charge in [-0.25, -0.2) is 5.90 Å². The molecule has 0 unspecified atom stereocenters. The third-order valence-corrected chi connectivity index (χ3v) is 3.43. The fraction of sp³-hybridized carbons (Fsp3) is 0.500. The minimum atomic E-state index is 0.181. The topological polar surface area (TPSA) is 47.7 Å². The van der Waals surface area contributed by atoms with E-state index in [2.05, 4.69) is 4.90 Å². The number of halogens is 1. The summed E-state index contributed by atoms with van der Waals surface area (Å²) in [7, 11) is 1.62. The van der Waals surface area contributed by atoms with Gasteiger partial charge in [-0.2, -0.15) is 0 Å². The summed E-state index contributed by atoms with van der Waals surface area (Å²) in [6.45, 7) is 1.87. The van der Waals surface area contributed by atoms with E-state index in [0.717, 1.165) is 31.6 Å². The van der Waals surface area contributed by atoms with Crippen LogP contribution in [0, 0.1) is 0 Å². The Morgan fingerprint density at radius 2 is 2.06 bits per heavy atom. The van der Waals surface area contributed by atoms with Crippen LogP contribution in [0.15, 0.2) is 18.2 Å². The molecule has 0 saturated carbocycles. The molecule has 0 atom stereocenters. The Morgan fingerprint density at radius 1 is 1.35 bits per heavy atom. The summed E-state index contributed by atoms with van der Waals surface area (Å²) in [5.41, 5.74) is 1.12. The van der Waals surface area contributed by atoms with Gasteiger partial charge in [0.1, 0.15) is 5.75 Å². The van der Waals surface area contributed by atoms with Crippen molar-refractivity contribution in [2.45, 2.75) is 18.9 Å². The van der Waals surface area contributed by atoms with Gasteiger partial charge in [0.05, 0.1) is 18.2 Å². The highest BCUT2D eigenvalue weighted by Crippen LogP contribution is 2.30. The summed E-state index contributed by atoms with van der Waals surface area (Å²) in [5.74, 6) is 5.90. The lowest BCUT2D eigenvalue weighted by atomic mass is 10.1. The van der Waals surface area contributed by atoms with E-state index in [1.54, 1.807) is 7.11 Å². The largest absolute Gasteiger partial charge is 0.495 e. The van der Waals surface area contributed by atoms with Crippen molar-refractivity contribution in [3.05, 3.63) is 23.2 Å². The number of rotatable bonds is 3. The minimum Gasteiger partial charge on any atom is -0.495 e. The standard InChI is InChI=1S/C12H17ClN2O2/c1-16-12-3-2-9(8-11(12)13)15-6-4-10(17-14)5-7-15/h2-3,8,10H,4-7,14H2,1H3. The van der Waals surface area contributed by atoms with Crippen LogP contribution >= 0.6 is 11.6 Å². The fourth-order valence-electron chi connectivity index (χ4n) is 2.10. The predicted octanol–water partition coefficient (Wildman–Crippen LogP) is 2.21. The zero-order valence-corrected chi connectivity index (χ0v) is 10.6. The highest BCUT2D eigenvalue weighted by Gasteiger charge is 2.19. The van der Waals surface area contributed by atoms with E-state index in [0.29, 0.717) is 10.8 Å². The quantitative estimate of drug-likeness (QED) is 0.843. The van der Waals surface area contributed by atoms with E-state index < -0.39 is 0 Å². The second-order valence-electron chi connectivity index (χ2n) is 4.14. The normalized spacial score (nSPS) is 17.2. The van der Waals surface area contributed by atoms with E-state index in [-0.39, 0.29) is 6.10 Å². The Labute approximate surface area is 106 Å². The van der Waals surface area contributed by atoms with Gasteiger partial charge in [0.2, 0.25) is 0 Å². The lowest BCUT2D eigenvalue weighted by molar-refractivity contribution is 0.0367. The highest BCUT2D eigenvalue weighted by atomic mass is 35.5. The molecular formula is C12H17ClN2O2. The first-order chi connectivity index (χ1) is 8.24. The van der Waals surface area contributed by atoms with Crippen molar-refractivity contribution in [3.8, 4) is 5.75 Å². The fourth-order valence-corrected chi connectivity index (χ4v) is 2.35. The Kier molecular flexibility index (Phi) is 4.10. The molecule has 0 spiro atoms. The molecule has 2 rings (SSSR count). The maximum atomic E-state index is 6.11. The Bertz CT molecular complexity index is 379. The van der Waals surface area contributed by atoms with Crippen LogP contribution in [-0.2, 0) is 4.84 Å². The molecule has 0 bridgehead atoms. The summed E-state index contributed by atoms with van der Waals surface area (Å²) in [6.07, 6.45) is 2.07. The number of nitrogens with zero attached hydrogens (tertiary/aromatic N) is 1. The summed E-state index contributed by atoms with van der Waals surface area (Å²) >= 11 is 6.11. The zero-order valence-electron chi connectivity index (χ0n) is 9.86. The summed E-state index contributed by atoms with van der Waals surface area (Å²) in [6, 6.07) is 5.85. The van der Waals surface area contributed by atoms with E-state index in [9.17, 15) is 0 Å². The SMILES string of the molecule is COc1ccc(N2CCC(ON)CC2)cc1Cl. The van der Waals surface area contributed by atoms with Gasteiger partial charge in [-0.15, -0.1) is 0 Å². The third kappa shape index (κ3) is 2.83. The number of hydrogen-bond donors (Lipinski definition) is 1. The molecule has 1 heterocycles. The monoisotopic (exact) mass is 256 g/mol. The Hall–Kier alpha value is -0.970. The van der Waals surface area contributed by atoms with Gasteiger partial charge in [0.15, 0.2) is 0 Å². The Morgan fingerprint density at radius 3 is 2.59 bits per heavy atom. The maximum Gasteiger partial charge on any atom is 0.137 e. The van der Waals surface area contributed by atoms with Crippen LogP contribution in [0.1, 0.15) is 12.8 Å². The van der Waals surface area contributed by atoms with Crippen LogP contribution < -0.4 is 15.5 Å². The van der Waals surface area contributed by atoms with Gasteiger partial charge in [-0.1, -0.05) is 11.6 Å². The first-order valence-corrected chi connectivity index (χ1v) is 6.06. The number of piperidine rings is 1. The van der Waals surface area contributed by atoms with Crippen molar-refractivity contribution in [2.24, 2.45) is 5.90 Å². The number of benzene rings is 1. The first-order valence-electron chi connectivity index (χ1n) is 5.68. The second kappa shape index (κ2) is 5.58. The van der Waals surface area contributed by atoms with Crippen molar-refractivity contribution in [2.75, 3.05) is 25.1 Å². The molecule has 0 aliphatic carbocycles. The van der Waals surface area contributed by atoms with E-state index >= 15 is 0 Å². The molecule has 1 saturated heterocycles. The maximum absolute atomic E-state index is 6.11. The lowest BCUT2D eigenvalue weighted by Crippen LogP contribution is -2.37. The predicted molar refractivity (Wildman–Crippen MR) is 68.5 cm³/mol. The molecule has 1 aromatic rings. The minimum absolute atomic E-state index is 0.181. The highest BCUT2D eigenvalue weighted by molar-refractivity contribution is 6.32. The van der Waals surface area contributed by atoms with Crippen LogP contribution in [0.5, 0.6) is 5.75 Å². The van der Waals surface area contributed by atoms with Crippen molar-refractivity contribution in [1.29, 1.82) is 0 Å². The molecule has 5 heteroatoms. The summed E-state index contributed by atoms with van der Waals surface area (Å²) in [5, 5.41) is 0.641. The molecule has 1 aliphatic heterocycles.